The molecular formula is C12H24O6. The van der Waals surface area contributed by atoms with Crippen LogP contribution in [-0.4, -0.2) is 46.6 Å². The lowest BCUT2D eigenvalue weighted by Gasteiger charge is -2.01. The van der Waals surface area contributed by atoms with Crippen LogP contribution in [-0.2, 0) is 14.3 Å². The first-order chi connectivity index (χ1) is 8.49. The average molecular weight is 264 g/mol. The van der Waals surface area contributed by atoms with Crippen molar-refractivity contribution < 1.29 is 29.6 Å². The van der Waals surface area contributed by atoms with Gasteiger partial charge >= 0.3 is 11.9 Å². The SMILES string of the molecule is CCCCC(O)C(=O)O.CCCCOC(=O)CO. The van der Waals surface area contributed by atoms with Gasteiger partial charge in [0.2, 0.25) is 0 Å². The van der Waals surface area contributed by atoms with Gasteiger partial charge in [-0.15, -0.1) is 0 Å². The average Bonchev–Trinajstić information content (AvgIpc) is 2.36. The molecule has 0 aromatic heterocycles. The third kappa shape index (κ3) is 14.9. The van der Waals surface area contributed by atoms with Crippen LogP contribution in [0.15, 0.2) is 0 Å². The van der Waals surface area contributed by atoms with Gasteiger partial charge in [0.25, 0.3) is 0 Å². The lowest BCUT2D eigenvalue weighted by Crippen LogP contribution is -2.18. The van der Waals surface area contributed by atoms with Crippen molar-refractivity contribution in [3.05, 3.63) is 0 Å². The first-order valence-electron chi connectivity index (χ1n) is 6.16. The molecule has 6 nitrogen and oxygen atoms in total. The number of rotatable bonds is 8. The van der Waals surface area contributed by atoms with Crippen molar-refractivity contribution >= 4 is 11.9 Å². The Bertz CT molecular complexity index is 215. The Kier molecular flexibility index (Phi) is 14.9. The molecule has 0 aliphatic rings. The van der Waals surface area contributed by atoms with E-state index in [0.717, 1.165) is 25.7 Å². The van der Waals surface area contributed by atoms with E-state index in [0.29, 0.717) is 13.0 Å². The molecule has 0 radical (unpaired) electrons. The van der Waals surface area contributed by atoms with E-state index in [2.05, 4.69) is 4.74 Å². The third-order valence-electron chi connectivity index (χ3n) is 2.01. The molecule has 6 heteroatoms. The maximum absolute atomic E-state index is 10.2. The van der Waals surface area contributed by atoms with Gasteiger partial charge in [0.1, 0.15) is 6.61 Å². The number of aliphatic hydroxyl groups is 2. The maximum Gasteiger partial charge on any atom is 0.332 e. The fourth-order valence-corrected chi connectivity index (χ4v) is 0.897. The molecule has 1 atom stereocenters. The van der Waals surface area contributed by atoms with Gasteiger partial charge in [0.15, 0.2) is 6.10 Å². The topological polar surface area (TPSA) is 104 Å². The van der Waals surface area contributed by atoms with E-state index >= 15 is 0 Å². The van der Waals surface area contributed by atoms with Crippen LogP contribution in [0.3, 0.4) is 0 Å². The summed E-state index contributed by atoms with van der Waals surface area (Å²) in [7, 11) is 0. The first-order valence-corrected chi connectivity index (χ1v) is 6.16. The normalized spacial score (nSPS) is 11.1. The Hall–Kier alpha value is -1.14. The van der Waals surface area contributed by atoms with E-state index in [9.17, 15) is 9.59 Å². The molecule has 0 aliphatic carbocycles. The van der Waals surface area contributed by atoms with Gasteiger partial charge in [0, 0.05) is 0 Å². The number of carboxylic acid groups (broad SMARTS) is 1. The van der Waals surface area contributed by atoms with Gasteiger partial charge in [-0.2, -0.15) is 0 Å². The van der Waals surface area contributed by atoms with Crippen molar-refractivity contribution in [2.45, 2.75) is 52.1 Å². The van der Waals surface area contributed by atoms with Crippen molar-refractivity contribution in [3.63, 3.8) is 0 Å². The molecule has 0 bridgehead atoms. The summed E-state index contributed by atoms with van der Waals surface area (Å²) < 4.78 is 4.54. The van der Waals surface area contributed by atoms with Gasteiger partial charge in [-0.1, -0.05) is 33.1 Å². The number of unbranched alkanes of at least 4 members (excludes halogenated alkanes) is 2. The predicted octanol–water partition coefficient (Wildman–Crippen LogP) is 0.944. The molecule has 3 N–H and O–H groups in total. The minimum absolute atomic E-state index is 0.367. The Morgan fingerprint density at radius 1 is 1.17 bits per heavy atom. The van der Waals surface area contributed by atoms with E-state index < -0.39 is 24.6 Å². The molecule has 0 rings (SSSR count). The van der Waals surface area contributed by atoms with Gasteiger partial charge < -0.3 is 20.1 Å². The maximum atomic E-state index is 10.2. The Morgan fingerprint density at radius 3 is 2.11 bits per heavy atom. The van der Waals surface area contributed by atoms with Crippen molar-refractivity contribution in [1.29, 1.82) is 0 Å². The molecule has 0 aliphatic heterocycles. The summed E-state index contributed by atoms with van der Waals surface area (Å²) in [4.78, 5) is 20.2. The molecule has 0 aromatic rings. The summed E-state index contributed by atoms with van der Waals surface area (Å²) in [6.45, 7) is 3.88. The van der Waals surface area contributed by atoms with Crippen LogP contribution < -0.4 is 0 Å². The van der Waals surface area contributed by atoms with Crippen LogP contribution in [0.5, 0.6) is 0 Å². The van der Waals surface area contributed by atoms with Crippen molar-refractivity contribution in [1.82, 2.24) is 0 Å². The highest BCUT2D eigenvalue weighted by molar-refractivity contribution is 5.71. The second-order valence-corrected chi connectivity index (χ2v) is 3.73. The van der Waals surface area contributed by atoms with Crippen LogP contribution >= 0.6 is 0 Å². The second kappa shape index (κ2) is 13.9. The van der Waals surface area contributed by atoms with E-state index in [1.165, 1.54) is 0 Å². The second-order valence-electron chi connectivity index (χ2n) is 3.73. The molecule has 0 aromatic carbocycles. The quantitative estimate of drug-likeness (QED) is 0.445. The number of carbonyl (C=O) groups is 2. The zero-order valence-electron chi connectivity index (χ0n) is 11.1. The highest BCUT2D eigenvalue weighted by atomic mass is 16.5. The number of carbonyl (C=O) groups excluding carboxylic acids is 1. The largest absolute Gasteiger partial charge is 0.479 e. The predicted molar refractivity (Wildman–Crippen MR) is 66.1 cm³/mol. The molecule has 0 amide bonds. The summed E-state index contributed by atoms with van der Waals surface area (Å²) in [5, 5.41) is 25.0. The van der Waals surface area contributed by atoms with E-state index in [1.807, 2.05) is 13.8 Å². The lowest BCUT2D eigenvalue weighted by atomic mass is 10.2. The standard InChI is InChI=1S/2C6H12O3/c1-2-3-4-9-6(8)5-7;1-2-3-4-5(7)6(8)9/h7H,2-5H2,1H3;5,7H,2-4H2,1H3,(H,8,9). The number of hydrogen-bond donors (Lipinski definition) is 3. The zero-order valence-corrected chi connectivity index (χ0v) is 11.1. The fourth-order valence-electron chi connectivity index (χ4n) is 0.897. The number of aliphatic hydroxyl groups excluding tert-OH is 2. The molecule has 0 spiro atoms. The molecule has 0 heterocycles. The summed E-state index contributed by atoms with van der Waals surface area (Å²) in [5.41, 5.74) is 0. The molecule has 0 saturated heterocycles. The van der Waals surface area contributed by atoms with Crippen molar-refractivity contribution in [2.24, 2.45) is 0 Å². The molecule has 18 heavy (non-hydrogen) atoms. The molecule has 1 unspecified atom stereocenters. The number of carboxylic acids is 1. The summed E-state index contributed by atoms with van der Waals surface area (Å²) in [6, 6.07) is 0. The summed E-state index contributed by atoms with van der Waals surface area (Å²) in [5.74, 6) is -1.66. The molecular weight excluding hydrogens is 240 g/mol. The Labute approximate surface area is 108 Å². The van der Waals surface area contributed by atoms with Crippen molar-refractivity contribution in [3.8, 4) is 0 Å². The van der Waals surface area contributed by atoms with Gasteiger partial charge in [-0.3, -0.25) is 0 Å². The van der Waals surface area contributed by atoms with E-state index in [4.69, 9.17) is 15.3 Å². The number of aliphatic carboxylic acids is 1. The van der Waals surface area contributed by atoms with Crippen LogP contribution in [0, 0.1) is 0 Å². The summed E-state index contributed by atoms with van der Waals surface area (Å²) >= 11 is 0. The minimum atomic E-state index is -1.16. The highest BCUT2D eigenvalue weighted by Gasteiger charge is 2.10. The van der Waals surface area contributed by atoms with Crippen LogP contribution in [0.1, 0.15) is 46.0 Å². The first kappa shape index (κ1) is 19.2. The number of ether oxygens (including phenoxy) is 1. The minimum Gasteiger partial charge on any atom is -0.479 e. The van der Waals surface area contributed by atoms with Gasteiger partial charge in [0.05, 0.1) is 6.61 Å². The smallest absolute Gasteiger partial charge is 0.332 e. The number of esters is 1. The van der Waals surface area contributed by atoms with Crippen molar-refractivity contribution in [2.75, 3.05) is 13.2 Å². The van der Waals surface area contributed by atoms with Crippen LogP contribution in [0.4, 0.5) is 0 Å². The Morgan fingerprint density at radius 2 is 1.72 bits per heavy atom. The monoisotopic (exact) mass is 264 g/mol. The third-order valence-corrected chi connectivity index (χ3v) is 2.01. The fraction of sp³-hybridized carbons (Fsp3) is 0.833. The molecule has 0 saturated carbocycles. The summed E-state index contributed by atoms with van der Waals surface area (Å²) in [6.07, 6.45) is 2.76. The van der Waals surface area contributed by atoms with E-state index in [1.54, 1.807) is 0 Å². The molecule has 0 fully saturated rings. The zero-order chi connectivity index (χ0) is 14.4. The van der Waals surface area contributed by atoms with E-state index in [-0.39, 0.29) is 0 Å². The molecule has 108 valence electrons. The Balaban J connectivity index is 0. The van der Waals surface area contributed by atoms with Crippen LogP contribution in [0.25, 0.3) is 0 Å². The van der Waals surface area contributed by atoms with Crippen LogP contribution in [0.2, 0.25) is 0 Å². The van der Waals surface area contributed by atoms with Gasteiger partial charge in [-0.25, -0.2) is 9.59 Å². The lowest BCUT2D eigenvalue weighted by molar-refractivity contribution is -0.147. The van der Waals surface area contributed by atoms with Gasteiger partial charge in [-0.05, 0) is 12.8 Å². The highest BCUT2D eigenvalue weighted by Crippen LogP contribution is 1.99. The number of hydrogen-bond acceptors (Lipinski definition) is 5.